The Hall–Kier alpha value is -2.56. The summed E-state index contributed by atoms with van der Waals surface area (Å²) in [7, 11) is 0. The van der Waals surface area contributed by atoms with Crippen LogP contribution in [0.2, 0.25) is 0 Å². The Balaban J connectivity index is 1.77. The molecule has 2 aromatic rings. The van der Waals surface area contributed by atoms with Gasteiger partial charge in [0.1, 0.15) is 0 Å². The fraction of sp³-hybridized carbons (Fsp3) is 0.294. The fourth-order valence-corrected chi connectivity index (χ4v) is 2.90. The Morgan fingerprint density at radius 2 is 1.77 bits per heavy atom. The molecule has 1 saturated heterocycles. The van der Waals surface area contributed by atoms with E-state index in [1.54, 1.807) is 11.1 Å². The molecule has 2 N–H and O–H groups in total. The number of carbonyl (C=O) groups is 2. The van der Waals surface area contributed by atoms with Gasteiger partial charge in [0.05, 0.1) is 11.5 Å². The van der Waals surface area contributed by atoms with Gasteiger partial charge in [-0.3, -0.25) is 9.59 Å². The van der Waals surface area contributed by atoms with Crippen molar-refractivity contribution < 1.29 is 14.7 Å². The third kappa shape index (κ3) is 2.74. The minimum atomic E-state index is -0.765. The van der Waals surface area contributed by atoms with E-state index in [1.807, 2.05) is 36.5 Å². The second kappa shape index (κ2) is 6.05. The summed E-state index contributed by atoms with van der Waals surface area (Å²) in [5.74, 6) is -1.13. The lowest BCUT2D eigenvalue weighted by Gasteiger charge is -2.30. The van der Waals surface area contributed by atoms with Gasteiger partial charge in [0.25, 0.3) is 5.91 Å². The number of amides is 1. The molecule has 1 aromatic heterocycles. The highest BCUT2D eigenvalue weighted by atomic mass is 16.4. The van der Waals surface area contributed by atoms with Gasteiger partial charge in [-0.1, -0.05) is 30.3 Å². The maximum Gasteiger partial charge on any atom is 0.306 e. The van der Waals surface area contributed by atoms with Crippen molar-refractivity contribution in [1.82, 2.24) is 9.88 Å². The molecule has 5 heteroatoms. The number of hydrogen-bond acceptors (Lipinski definition) is 2. The van der Waals surface area contributed by atoms with E-state index < -0.39 is 5.97 Å². The molecule has 0 unspecified atom stereocenters. The van der Waals surface area contributed by atoms with Crippen molar-refractivity contribution in [2.75, 3.05) is 13.1 Å². The molecule has 3 rings (SSSR count). The van der Waals surface area contributed by atoms with Crippen LogP contribution in [-0.4, -0.2) is 40.0 Å². The van der Waals surface area contributed by atoms with Gasteiger partial charge in [-0.05, 0) is 18.4 Å². The Morgan fingerprint density at radius 1 is 1.09 bits per heavy atom. The van der Waals surface area contributed by atoms with Crippen LogP contribution < -0.4 is 0 Å². The number of aromatic nitrogens is 1. The number of aliphatic carboxylic acids is 1. The zero-order chi connectivity index (χ0) is 15.5. The number of rotatable bonds is 3. The lowest BCUT2D eigenvalue weighted by atomic mass is 9.96. The maximum absolute atomic E-state index is 12.7. The predicted molar refractivity (Wildman–Crippen MR) is 82.5 cm³/mol. The van der Waals surface area contributed by atoms with Crippen molar-refractivity contribution in [1.29, 1.82) is 0 Å². The number of piperidine rings is 1. The average Bonchev–Trinajstić information content (AvgIpc) is 3.04. The van der Waals surface area contributed by atoms with E-state index in [9.17, 15) is 9.59 Å². The van der Waals surface area contributed by atoms with Crippen LogP contribution in [0.1, 0.15) is 23.2 Å². The number of likely N-dealkylation sites (tertiary alicyclic amines) is 1. The predicted octanol–water partition coefficient (Wildman–Crippen LogP) is 2.62. The Bertz CT molecular complexity index is 670. The minimum Gasteiger partial charge on any atom is -0.481 e. The van der Waals surface area contributed by atoms with E-state index in [-0.39, 0.29) is 11.8 Å². The minimum absolute atomic E-state index is 0.0380. The number of benzene rings is 1. The molecule has 2 heterocycles. The van der Waals surface area contributed by atoms with E-state index in [1.165, 1.54) is 0 Å². The van der Waals surface area contributed by atoms with E-state index in [0.29, 0.717) is 31.5 Å². The van der Waals surface area contributed by atoms with Gasteiger partial charge in [0, 0.05) is 31.0 Å². The standard InChI is InChI=1S/C17H18N2O3/c20-16(19-8-6-13(7-9-19)17(21)22)15-11-18-10-14(15)12-4-2-1-3-5-12/h1-5,10-11,13,18H,6-9H2,(H,21,22). The Morgan fingerprint density at radius 3 is 2.41 bits per heavy atom. The molecule has 1 aliphatic rings. The molecule has 5 nitrogen and oxygen atoms in total. The van der Waals surface area contributed by atoms with Crippen molar-refractivity contribution >= 4 is 11.9 Å². The first-order valence-electron chi connectivity index (χ1n) is 7.41. The molecule has 114 valence electrons. The van der Waals surface area contributed by atoms with Gasteiger partial charge in [-0.2, -0.15) is 0 Å². The lowest BCUT2D eigenvalue weighted by Crippen LogP contribution is -2.40. The SMILES string of the molecule is O=C(O)C1CCN(C(=O)c2c[nH]cc2-c2ccccc2)CC1. The van der Waals surface area contributed by atoms with Crippen LogP contribution in [0.25, 0.3) is 11.1 Å². The van der Waals surface area contributed by atoms with Crippen LogP contribution in [-0.2, 0) is 4.79 Å². The zero-order valence-electron chi connectivity index (χ0n) is 12.2. The third-order valence-electron chi connectivity index (χ3n) is 4.19. The number of carboxylic acid groups (broad SMARTS) is 1. The van der Waals surface area contributed by atoms with Crippen LogP contribution >= 0.6 is 0 Å². The number of nitrogens with zero attached hydrogens (tertiary/aromatic N) is 1. The topological polar surface area (TPSA) is 73.4 Å². The summed E-state index contributed by atoms with van der Waals surface area (Å²) in [4.78, 5) is 28.4. The highest BCUT2D eigenvalue weighted by molar-refractivity contribution is 6.00. The molecular weight excluding hydrogens is 280 g/mol. The second-order valence-electron chi connectivity index (χ2n) is 5.55. The van der Waals surface area contributed by atoms with Gasteiger partial charge in [0.15, 0.2) is 0 Å². The van der Waals surface area contributed by atoms with E-state index in [0.717, 1.165) is 11.1 Å². The Kier molecular flexibility index (Phi) is 3.96. The second-order valence-corrected chi connectivity index (χ2v) is 5.55. The molecule has 1 fully saturated rings. The summed E-state index contributed by atoms with van der Waals surface area (Å²) in [6, 6.07) is 9.76. The van der Waals surface area contributed by atoms with Crippen LogP contribution in [0.15, 0.2) is 42.7 Å². The normalized spacial score (nSPS) is 15.7. The van der Waals surface area contributed by atoms with Crippen molar-refractivity contribution in [3.63, 3.8) is 0 Å². The van der Waals surface area contributed by atoms with Crippen LogP contribution in [0.5, 0.6) is 0 Å². The average molecular weight is 298 g/mol. The molecule has 0 atom stereocenters. The molecule has 0 bridgehead atoms. The largest absolute Gasteiger partial charge is 0.481 e. The zero-order valence-corrected chi connectivity index (χ0v) is 12.2. The van der Waals surface area contributed by atoms with Gasteiger partial charge >= 0.3 is 5.97 Å². The molecule has 22 heavy (non-hydrogen) atoms. The highest BCUT2D eigenvalue weighted by Gasteiger charge is 2.28. The van der Waals surface area contributed by atoms with Crippen molar-refractivity contribution in [3.8, 4) is 11.1 Å². The number of H-pyrrole nitrogens is 1. The summed E-state index contributed by atoms with van der Waals surface area (Å²) in [5.41, 5.74) is 2.51. The number of aromatic amines is 1. The Labute approximate surface area is 128 Å². The molecule has 0 aliphatic carbocycles. The first-order chi connectivity index (χ1) is 10.7. The number of carboxylic acids is 1. The van der Waals surface area contributed by atoms with Crippen LogP contribution in [0, 0.1) is 5.92 Å². The van der Waals surface area contributed by atoms with Gasteiger partial charge in [-0.15, -0.1) is 0 Å². The summed E-state index contributed by atoms with van der Waals surface area (Å²) in [6.45, 7) is 0.990. The first-order valence-corrected chi connectivity index (χ1v) is 7.41. The molecule has 1 amide bonds. The van der Waals surface area contributed by atoms with Gasteiger partial charge in [0.2, 0.25) is 0 Å². The molecule has 0 radical (unpaired) electrons. The van der Waals surface area contributed by atoms with Crippen LogP contribution in [0.3, 0.4) is 0 Å². The van der Waals surface area contributed by atoms with Crippen molar-refractivity contribution in [3.05, 3.63) is 48.3 Å². The lowest BCUT2D eigenvalue weighted by molar-refractivity contribution is -0.143. The third-order valence-corrected chi connectivity index (χ3v) is 4.19. The summed E-state index contributed by atoms with van der Waals surface area (Å²) in [5, 5.41) is 9.03. The van der Waals surface area contributed by atoms with Crippen molar-refractivity contribution in [2.24, 2.45) is 5.92 Å². The number of nitrogens with one attached hydrogen (secondary N) is 1. The van der Waals surface area contributed by atoms with Crippen molar-refractivity contribution in [2.45, 2.75) is 12.8 Å². The molecule has 0 saturated carbocycles. The van der Waals surface area contributed by atoms with E-state index in [2.05, 4.69) is 4.98 Å². The number of hydrogen-bond donors (Lipinski definition) is 2. The van der Waals surface area contributed by atoms with Gasteiger partial charge < -0.3 is 15.0 Å². The molecule has 1 aliphatic heterocycles. The quantitative estimate of drug-likeness (QED) is 0.914. The maximum atomic E-state index is 12.7. The van der Waals surface area contributed by atoms with E-state index in [4.69, 9.17) is 5.11 Å². The van der Waals surface area contributed by atoms with E-state index >= 15 is 0 Å². The van der Waals surface area contributed by atoms with Crippen LogP contribution in [0.4, 0.5) is 0 Å². The van der Waals surface area contributed by atoms with Gasteiger partial charge in [-0.25, -0.2) is 0 Å². The molecule has 0 spiro atoms. The fourth-order valence-electron chi connectivity index (χ4n) is 2.90. The summed E-state index contributed by atoms with van der Waals surface area (Å²) >= 11 is 0. The summed E-state index contributed by atoms with van der Waals surface area (Å²) < 4.78 is 0. The molecule has 1 aromatic carbocycles. The monoisotopic (exact) mass is 298 g/mol. The smallest absolute Gasteiger partial charge is 0.306 e. The first kappa shape index (κ1) is 14.4. The summed E-state index contributed by atoms with van der Waals surface area (Å²) in [6.07, 6.45) is 4.58. The number of carbonyl (C=O) groups excluding carboxylic acids is 1. The molecular formula is C17H18N2O3. The highest BCUT2D eigenvalue weighted by Crippen LogP contribution is 2.26.